The van der Waals surface area contributed by atoms with Crippen molar-refractivity contribution in [3.63, 3.8) is 0 Å². The maximum absolute atomic E-state index is 13.2. The third kappa shape index (κ3) is 3.40. The second-order valence-corrected chi connectivity index (χ2v) is 6.34. The lowest BCUT2D eigenvalue weighted by molar-refractivity contribution is -0.116. The van der Waals surface area contributed by atoms with Crippen LogP contribution >= 0.6 is 11.6 Å². The largest absolute Gasteiger partial charge is 0.332 e. The molecule has 1 amide bonds. The van der Waals surface area contributed by atoms with Crippen LogP contribution in [0.2, 0.25) is 5.02 Å². The van der Waals surface area contributed by atoms with Crippen LogP contribution in [0.5, 0.6) is 0 Å². The Morgan fingerprint density at radius 1 is 1.15 bits per heavy atom. The van der Waals surface area contributed by atoms with E-state index in [1.54, 1.807) is 30.7 Å². The third-order valence-corrected chi connectivity index (χ3v) is 4.57. The highest BCUT2D eigenvalue weighted by molar-refractivity contribution is 6.31. The van der Waals surface area contributed by atoms with Gasteiger partial charge in [-0.3, -0.25) is 18.7 Å². The van der Waals surface area contributed by atoms with Crippen LogP contribution < -0.4 is 16.6 Å². The van der Waals surface area contributed by atoms with Gasteiger partial charge < -0.3 is 9.88 Å². The van der Waals surface area contributed by atoms with Gasteiger partial charge in [0.05, 0.1) is 10.4 Å². The lowest BCUT2D eigenvalue weighted by atomic mass is 10.3. The minimum absolute atomic E-state index is 0.0980. The van der Waals surface area contributed by atoms with Crippen molar-refractivity contribution in [1.29, 1.82) is 0 Å². The van der Waals surface area contributed by atoms with E-state index in [4.69, 9.17) is 11.6 Å². The summed E-state index contributed by atoms with van der Waals surface area (Å²) < 4.78 is 17.4. The van der Waals surface area contributed by atoms with Gasteiger partial charge in [-0.1, -0.05) is 11.6 Å². The molecule has 3 rings (SSSR count). The van der Waals surface area contributed by atoms with Crippen LogP contribution in [0.1, 0.15) is 13.8 Å². The van der Waals surface area contributed by atoms with Gasteiger partial charge in [0.25, 0.3) is 5.56 Å². The molecule has 2 aromatic heterocycles. The number of anilines is 1. The number of carbonyl (C=O) groups is 1. The fourth-order valence-electron chi connectivity index (χ4n) is 3.02. The van der Waals surface area contributed by atoms with Crippen LogP contribution in [0.25, 0.3) is 11.0 Å². The number of hydrogen-bond acceptors (Lipinski definition) is 3. The second-order valence-electron chi connectivity index (χ2n) is 5.93. The fraction of sp³-hybridized carbons (Fsp3) is 0.278. The van der Waals surface area contributed by atoms with Crippen LogP contribution in [0.3, 0.4) is 0 Å². The van der Waals surface area contributed by atoms with Crippen molar-refractivity contribution in [1.82, 2.24) is 13.7 Å². The van der Waals surface area contributed by atoms with Crippen LogP contribution in [0.4, 0.5) is 10.1 Å². The number of benzene rings is 1. The topological polar surface area (TPSA) is 78.0 Å². The van der Waals surface area contributed by atoms with Gasteiger partial charge in [-0.15, -0.1) is 0 Å². The van der Waals surface area contributed by atoms with Crippen LogP contribution in [-0.4, -0.2) is 19.6 Å². The number of rotatable bonds is 5. The Morgan fingerprint density at radius 3 is 2.48 bits per heavy atom. The molecule has 0 saturated carbocycles. The fourth-order valence-corrected chi connectivity index (χ4v) is 3.20. The predicted octanol–water partition coefficient (Wildman–Crippen LogP) is 2.44. The van der Waals surface area contributed by atoms with E-state index < -0.39 is 17.4 Å². The maximum Gasteiger partial charge on any atom is 0.332 e. The number of amides is 1. The molecule has 0 radical (unpaired) electrons. The molecule has 0 aliphatic carbocycles. The highest BCUT2D eigenvalue weighted by Gasteiger charge is 2.16. The van der Waals surface area contributed by atoms with Crippen LogP contribution in [-0.2, 0) is 24.4 Å². The molecule has 1 aromatic carbocycles. The number of aryl methyl sites for hydroxylation is 1. The highest BCUT2D eigenvalue weighted by atomic mass is 35.5. The summed E-state index contributed by atoms with van der Waals surface area (Å²) >= 11 is 5.71. The van der Waals surface area contributed by atoms with E-state index >= 15 is 0 Å². The smallest absolute Gasteiger partial charge is 0.324 e. The van der Waals surface area contributed by atoms with Crippen molar-refractivity contribution in [2.75, 3.05) is 5.32 Å². The molecule has 1 N–H and O–H groups in total. The number of fused-ring (bicyclic) bond motifs is 1. The standard InChI is InChI=1S/C18H18ClFN4O3/c1-3-23-16-12(17(26)24(4-2)18(23)27)7-8-22(16)10-15(25)21-11-5-6-14(20)13(19)9-11/h5-9H,3-4,10H2,1-2H3,(H,21,25). The first kappa shape index (κ1) is 18.9. The summed E-state index contributed by atoms with van der Waals surface area (Å²) in [5.74, 6) is -0.977. The molecule has 0 aliphatic rings. The molecule has 27 heavy (non-hydrogen) atoms. The molecule has 0 atom stereocenters. The summed E-state index contributed by atoms with van der Waals surface area (Å²) in [7, 11) is 0. The summed E-state index contributed by atoms with van der Waals surface area (Å²) in [4.78, 5) is 37.4. The molecular weight excluding hydrogens is 375 g/mol. The summed E-state index contributed by atoms with van der Waals surface area (Å²) in [6.45, 7) is 4.03. The lowest BCUT2D eigenvalue weighted by Gasteiger charge is -2.13. The summed E-state index contributed by atoms with van der Waals surface area (Å²) in [6, 6.07) is 5.46. The molecule has 0 bridgehead atoms. The van der Waals surface area contributed by atoms with E-state index in [-0.39, 0.29) is 23.7 Å². The number of nitrogens with zero attached hydrogens (tertiary/aromatic N) is 3. The number of carbonyl (C=O) groups excluding carboxylic acids is 1. The van der Waals surface area contributed by atoms with E-state index in [1.807, 2.05) is 0 Å². The zero-order valence-corrected chi connectivity index (χ0v) is 15.6. The van der Waals surface area contributed by atoms with Crippen LogP contribution in [0, 0.1) is 5.82 Å². The van der Waals surface area contributed by atoms with Gasteiger partial charge in [0.2, 0.25) is 5.91 Å². The van der Waals surface area contributed by atoms with Crippen molar-refractivity contribution < 1.29 is 9.18 Å². The van der Waals surface area contributed by atoms with Crippen molar-refractivity contribution in [3.05, 3.63) is 62.1 Å². The number of aromatic nitrogens is 3. The lowest BCUT2D eigenvalue weighted by Crippen LogP contribution is -2.39. The minimum atomic E-state index is -0.578. The number of halogens is 2. The summed E-state index contributed by atoms with van der Waals surface area (Å²) in [5.41, 5.74) is -0.0524. The van der Waals surface area contributed by atoms with E-state index in [0.717, 1.165) is 10.6 Å². The first-order valence-corrected chi connectivity index (χ1v) is 8.82. The molecule has 0 saturated heterocycles. The molecular formula is C18H18ClFN4O3. The number of hydrogen-bond donors (Lipinski definition) is 1. The molecule has 7 nitrogen and oxygen atoms in total. The van der Waals surface area contributed by atoms with E-state index in [1.165, 1.54) is 16.7 Å². The average Bonchev–Trinajstić information content (AvgIpc) is 3.03. The van der Waals surface area contributed by atoms with Gasteiger partial charge in [-0.05, 0) is 38.1 Å². The molecule has 9 heteroatoms. The normalized spacial score (nSPS) is 11.1. The van der Waals surface area contributed by atoms with Crippen molar-refractivity contribution in [2.24, 2.45) is 0 Å². The number of nitrogens with one attached hydrogen (secondary N) is 1. The Hall–Kier alpha value is -2.87. The van der Waals surface area contributed by atoms with E-state index in [0.29, 0.717) is 23.3 Å². The minimum Gasteiger partial charge on any atom is -0.324 e. The Kier molecular flexibility index (Phi) is 5.18. The first-order chi connectivity index (χ1) is 12.9. The van der Waals surface area contributed by atoms with Gasteiger partial charge in [0, 0.05) is 25.0 Å². The van der Waals surface area contributed by atoms with Gasteiger partial charge in [-0.25, -0.2) is 9.18 Å². The molecule has 3 aromatic rings. The highest BCUT2D eigenvalue weighted by Crippen LogP contribution is 2.19. The quantitative estimate of drug-likeness (QED) is 0.724. The summed E-state index contributed by atoms with van der Waals surface area (Å²) in [5, 5.41) is 2.89. The molecule has 0 unspecified atom stereocenters. The third-order valence-electron chi connectivity index (χ3n) is 4.28. The second kappa shape index (κ2) is 7.40. The Labute approximate surface area is 158 Å². The SMILES string of the molecule is CCn1c(=O)c2ccn(CC(=O)Nc3ccc(F)c(Cl)c3)c2n(CC)c1=O. The van der Waals surface area contributed by atoms with Gasteiger partial charge in [-0.2, -0.15) is 0 Å². The zero-order valence-electron chi connectivity index (χ0n) is 14.8. The van der Waals surface area contributed by atoms with Crippen molar-refractivity contribution >= 4 is 34.2 Å². The first-order valence-electron chi connectivity index (χ1n) is 8.44. The Morgan fingerprint density at radius 2 is 1.85 bits per heavy atom. The van der Waals surface area contributed by atoms with Gasteiger partial charge in [0.15, 0.2) is 0 Å². The van der Waals surface area contributed by atoms with Crippen molar-refractivity contribution in [3.8, 4) is 0 Å². The Balaban J connectivity index is 1.98. The molecule has 0 spiro atoms. The molecule has 0 fully saturated rings. The average molecular weight is 393 g/mol. The van der Waals surface area contributed by atoms with Crippen molar-refractivity contribution in [2.45, 2.75) is 33.5 Å². The van der Waals surface area contributed by atoms with E-state index in [9.17, 15) is 18.8 Å². The predicted molar refractivity (Wildman–Crippen MR) is 102 cm³/mol. The Bertz CT molecular complexity index is 1150. The van der Waals surface area contributed by atoms with Gasteiger partial charge >= 0.3 is 5.69 Å². The molecule has 0 aliphatic heterocycles. The molecule has 2 heterocycles. The van der Waals surface area contributed by atoms with Crippen LogP contribution in [0.15, 0.2) is 40.1 Å². The zero-order chi connectivity index (χ0) is 19.7. The maximum atomic E-state index is 13.2. The molecule has 142 valence electrons. The monoisotopic (exact) mass is 392 g/mol. The summed E-state index contributed by atoms with van der Waals surface area (Å²) in [6.07, 6.45) is 1.59. The van der Waals surface area contributed by atoms with Gasteiger partial charge in [0.1, 0.15) is 18.0 Å². The van der Waals surface area contributed by atoms with E-state index in [2.05, 4.69) is 5.32 Å².